The molecule has 0 radical (unpaired) electrons. The third-order valence-corrected chi connectivity index (χ3v) is 3.60. The van der Waals surface area contributed by atoms with Gasteiger partial charge in [0.2, 0.25) is 17.7 Å². The number of aliphatic carboxylic acids is 2. The largest absolute Gasteiger partial charge is 0.481 e. The van der Waals surface area contributed by atoms with Crippen LogP contribution in [0.1, 0.15) is 32.1 Å². The third-order valence-electron chi connectivity index (χ3n) is 3.60. The molecule has 0 rings (SSSR count). The third kappa shape index (κ3) is 11.8. The Balaban J connectivity index is 5.16. The van der Waals surface area contributed by atoms with Gasteiger partial charge in [0, 0.05) is 13.0 Å². The number of carbonyl (C=O) groups is 5. The van der Waals surface area contributed by atoms with Crippen LogP contribution < -0.4 is 33.6 Å². The van der Waals surface area contributed by atoms with E-state index in [-0.39, 0.29) is 38.2 Å². The molecule has 14 nitrogen and oxygen atoms in total. The molecule has 0 unspecified atom stereocenters. The SMILES string of the molecule is NC(=O)CC[C@H](NC(=O)[C@H](CCCN=C(N)N)NC(=O)[C@@H](N)CC(=O)O)C(=O)O. The molecule has 12 N–H and O–H groups in total. The van der Waals surface area contributed by atoms with E-state index in [4.69, 9.17) is 28.0 Å². The van der Waals surface area contributed by atoms with Gasteiger partial charge in [-0.15, -0.1) is 0 Å². The first-order valence-corrected chi connectivity index (χ1v) is 8.58. The summed E-state index contributed by atoms with van der Waals surface area (Å²) < 4.78 is 0. The second-order valence-corrected chi connectivity index (χ2v) is 6.12. The van der Waals surface area contributed by atoms with Crippen molar-refractivity contribution >= 4 is 35.6 Å². The lowest BCUT2D eigenvalue weighted by Crippen LogP contribution is -2.54. The zero-order valence-corrected chi connectivity index (χ0v) is 15.7. The van der Waals surface area contributed by atoms with Crippen molar-refractivity contribution < 1.29 is 34.2 Å². The number of nitrogens with two attached hydrogens (primary N) is 4. The number of nitrogens with one attached hydrogen (secondary N) is 2. The maximum absolute atomic E-state index is 12.5. The topological polar surface area (TPSA) is 266 Å². The van der Waals surface area contributed by atoms with Gasteiger partial charge in [0.05, 0.1) is 12.5 Å². The zero-order chi connectivity index (χ0) is 22.6. The molecule has 14 heteroatoms. The van der Waals surface area contributed by atoms with Crippen molar-refractivity contribution in [3.63, 3.8) is 0 Å². The Kier molecular flexibility index (Phi) is 11.4. The predicted octanol–water partition coefficient (Wildman–Crippen LogP) is -3.84. The number of hydrogen-bond donors (Lipinski definition) is 8. The molecule has 3 amide bonds. The summed E-state index contributed by atoms with van der Waals surface area (Å²) >= 11 is 0. The van der Waals surface area contributed by atoms with Gasteiger partial charge in [-0.1, -0.05) is 0 Å². The number of carboxylic acid groups (broad SMARTS) is 2. The molecule has 0 saturated carbocycles. The van der Waals surface area contributed by atoms with Crippen molar-refractivity contribution in [3.05, 3.63) is 0 Å². The highest BCUT2D eigenvalue weighted by Gasteiger charge is 2.28. The summed E-state index contributed by atoms with van der Waals surface area (Å²) in [4.78, 5) is 61.0. The van der Waals surface area contributed by atoms with E-state index in [2.05, 4.69) is 15.6 Å². The molecular formula is C15H27N7O7. The number of aliphatic imine (C=N–C) groups is 1. The number of nitrogens with zero attached hydrogens (tertiary/aromatic N) is 1. The van der Waals surface area contributed by atoms with E-state index in [1.165, 1.54) is 0 Å². The van der Waals surface area contributed by atoms with Crippen LogP contribution in [0.4, 0.5) is 0 Å². The maximum Gasteiger partial charge on any atom is 0.326 e. The highest BCUT2D eigenvalue weighted by atomic mass is 16.4. The van der Waals surface area contributed by atoms with Gasteiger partial charge in [-0.3, -0.25) is 24.2 Å². The van der Waals surface area contributed by atoms with Gasteiger partial charge in [-0.25, -0.2) is 4.79 Å². The highest BCUT2D eigenvalue weighted by molar-refractivity contribution is 5.93. The van der Waals surface area contributed by atoms with Gasteiger partial charge in [0.1, 0.15) is 12.1 Å². The van der Waals surface area contributed by atoms with E-state index in [9.17, 15) is 29.1 Å². The number of primary amides is 1. The average molecular weight is 417 g/mol. The summed E-state index contributed by atoms with van der Waals surface area (Å²) in [5.41, 5.74) is 20.8. The fraction of sp³-hybridized carbons (Fsp3) is 0.600. The molecule has 0 fully saturated rings. The summed E-state index contributed by atoms with van der Waals surface area (Å²) in [6.07, 6.45) is -0.934. The second-order valence-electron chi connectivity index (χ2n) is 6.12. The molecule has 0 heterocycles. The monoisotopic (exact) mass is 417 g/mol. The molecule has 0 spiro atoms. The Hall–Kier alpha value is -3.42. The molecule has 0 aromatic carbocycles. The van der Waals surface area contributed by atoms with Crippen LogP contribution in [0.25, 0.3) is 0 Å². The van der Waals surface area contributed by atoms with Crippen LogP contribution in [0.2, 0.25) is 0 Å². The summed E-state index contributed by atoms with van der Waals surface area (Å²) in [5.74, 6) is -5.38. The van der Waals surface area contributed by atoms with Crippen LogP contribution in [-0.4, -0.2) is 70.5 Å². The van der Waals surface area contributed by atoms with E-state index >= 15 is 0 Å². The van der Waals surface area contributed by atoms with E-state index in [0.717, 1.165) is 0 Å². The van der Waals surface area contributed by atoms with Crippen LogP contribution in [0.3, 0.4) is 0 Å². The maximum atomic E-state index is 12.5. The Bertz CT molecular complexity index is 649. The Morgan fingerprint density at radius 3 is 1.97 bits per heavy atom. The quantitative estimate of drug-likeness (QED) is 0.0774. The first-order chi connectivity index (χ1) is 13.4. The average Bonchev–Trinajstić information content (AvgIpc) is 2.59. The first kappa shape index (κ1) is 25.6. The summed E-state index contributed by atoms with van der Waals surface area (Å²) in [5, 5.41) is 22.4. The molecule has 0 aromatic rings. The molecule has 3 atom stereocenters. The standard InChI is InChI=1S/C15H27N7O7/c16-7(6-11(24)25)12(26)21-8(2-1-5-20-15(18)19)13(27)22-9(14(28)29)3-4-10(17)23/h7-9H,1-6,16H2,(H2,17,23)(H,21,26)(H,22,27)(H,24,25)(H,28,29)(H4,18,19,20)/t7-,8-,9-/m0/s1. The van der Waals surface area contributed by atoms with E-state index in [1.807, 2.05) is 0 Å². The molecule has 0 aliphatic heterocycles. The minimum absolute atomic E-state index is 0.0102. The van der Waals surface area contributed by atoms with Crippen molar-refractivity contribution in [2.45, 2.75) is 50.2 Å². The second kappa shape index (κ2) is 12.9. The van der Waals surface area contributed by atoms with E-state index in [1.54, 1.807) is 0 Å². The van der Waals surface area contributed by atoms with Crippen molar-refractivity contribution in [1.82, 2.24) is 10.6 Å². The van der Waals surface area contributed by atoms with Crippen LogP contribution in [-0.2, 0) is 24.0 Å². The minimum Gasteiger partial charge on any atom is -0.481 e. The van der Waals surface area contributed by atoms with Crippen LogP contribution in [0.15, 0.2) is 4.99 Å². The van der Waals surface area contributed by atoms with Crippen LogP contribution in [0.5, 0.6) is 0 Å². The summed E-state index contributed by atoms with van der Waals surface area (Å²) in [6.45, 7) is 0.132. The summed E-state index contributed by atoms with van der Waals surface area (Å²) in [7, 11) is 0. The lowest BCUT2D eigenvalue weighted by molar-refractivity contribution is -0.143. The molecule has 0 aromatic heterocycles. The van der Waals surface area contributed by atoms with E-state index < -0.39 is 54.2 Å². The molecule has 0 aliphatic rings. The summed E-state index contributed by atoms with van der Waals surface area (Å²) in [6, 6.07) is -4.06. The fourth-order valence-electron chi connectivity index (χ4n) is 2.15. The van der Waals surface area contributed by atoms with Gasteiger partial charge in [0.15, 0.2) is 5.96 Å². The Morgan fingerprint density at radius 1 is 0.897 bits per heavy atom. The number of guanidine groups is 1. The Labute approximate surface area is 166 Å². The van der Waals surface area contributed by atoms with Crippen molar-refractivity contribution in [3.8, 4) is 0 Å². The lowest BCUT2D eigenvalue weighted by Gasteiger charge is -2.22. The van der Waals surface area contributed by atoms with Gasteiger partial charge in [0.25, 0.3) is 0 Å². The van der Waals surface area contributed by atoms with Crippen LogP contribution >= 0.6 is 0 Å². The number of carboxylic acids is 2. The predicted molar refractivity (Wildman–Crippen MR) is 100 cm³/mol. The molecule has 0 aliphatic carbocycles. The molecule has 164 valence electrons. The molecule has 0 saturated heterocycles. The van der Waals surface area contributed by atoms with Crippen molar-refractivity contribution in [2.24, 2.45) is 27.9 Å². The van der Waals surface area contributed by atoms with Crippen molar-refractivity contribution in [2.75, 3.05) is 6.54 Å². The molecular weight excluding hydrogens is 390 g/mol. The number of rotatable bonds is 14. The molecule has 0 bridgehead atoms. The highest BCUT2D eigenvalue weighted by Crippen LogP contribution is 2.04. The zero-order valence-electron chi connectivity index (χ0n) is 15.7. The Morgan fingerprint density at radius 2 is 1.48 bits per heavy atom. The number of hydrogen-bond acceptors (Lipinski definition) is 7. The van der Waals surface area contributed by atoms with Gasteiger partial charge >= 0.3 is 11.9 Å². The minimum atomic E-state index is -1.42. The smallest absolute Gasteiger partial charge is 0.326 e. The fourth-order valence-corrected chi connectivity index (χ4v) is 2.15. The normalized spacial score (nSPS) is 13.4. The van der Waals surface area contributed by atoms with Gasteiger partial charge in [-0.2, -0.15) is 0 Å². The lowest BCUT2D eigenvalue weighted by atomic mass is 10.1. The van der Waals surface area contributed by atoms with E-state index in [0.29, 0.717) is 0 Å². The van der Waals surface area contributed by atoms with Gasteiger partial charge < -0.3 is 43.8 Å². The van der Waals surface area contributed by atoms with Crippen molar-refractivity contribution in [1.29, 1.82) is 0 Å². The first-order valence-electron chi connectivity index (χ1n) is 8.58. The number of carbonyl (C=O) groups excluding carboxylic acids is 3. The number of amides is 3. The van der Waals surface area contributed by atoms with Crippen LogP contribution in [0, 0.1) is 0 Å². The molecule has 29 heavy (non-hydrogen) atoms. The van der Waals surface area contributed by atoms with Gasteiger partial charge in [-0.05, 0) is 19.3 Å².